The molecule has 2 aromatic heterocycles. The maximum absolute atomic E-state index is 11.4. The van der Waals surface area contributed by atoms with Gasteiger partial charge in [-0.15, -0.1) is 16.6 Å². The lowest BCUT2D eigenvalue weighted by Gasteiger charge is -2.31. The van der Waals surface area contributed by atoms with Gasteiger partial charge in [0.1, 0.15) is 0 Å². The van der Waals surface area contributed by atoms with E-state index in [1.807, 2.05) is 38.2 Å². The molecule has 152 valence electrons. The molecule has 9 heteroatoms. The van der Waals surface area contributed by atoms with Gasteiger partial charge in [-0.1, -0.05) is 30.2 Å². The van der Waals surface area contributed by atoms with Gasteiger partial charge >= 0.3 is 5.97 Å². The number of aromatic nitrogens is 6. The van der Waals surface area contributed by atoms with Gasteiger partial charge in [0.15, 0.2) is 0 Å². The van der Waals surface area contributed by atoms with Gasteiger partial charge < -0.3 is 5.11 Å². The van der Waals surface area contributed by atoms with Crippen molar-refractivity contribution in [1.82, 2.24) is 34.9 Å². The largest absolute Gasteiger partial charge is 0.481 e. The Morgan fingerprint density at radius 3 is 2.32 bits per heavy atom. The number of hydrogen-bond acceptors (Lipinski definition) is 6. The fourth-order valence-corrected chi connectivity index (χ4v) is 3.48. The lowest BCUT2D eigenvalue weighted by molar-refractivity contribution is -0.148. The van der Waals surface area contributed by atoms with Crippen LogP contribution in [-0.2, 0) is 31.5 Å². The molecule has 0 bridgehead atoms. The van der Waals surface area contributed by atoms with Gasteiger partial charge in [0.25, 0.3) is 0 Å². The molecule has 0 radical (unpaired) electrons. The van der Waals surface area contributed by atoms with Crippen molar-refractivity contribution in [3.63, 3.8) is 0 Å². The third kappa shape index (κ3) is 6.16. The van der Waals surface area contributed by atoms with Crippen LogP contribution in [0.25, 0.3) is 0 Å². The van der Waals surface area contributed by atoms with Crippen molar-refractivity contribution < 1.29 is 9.90 Å². The number of terminal acetylenes is 1. The van der Waals surface area contributed by atoms with E-state index in [9.17, 15) is 9.90 Å². The summed E-state index contributed by atoms with van der Waals surface area (Å²) >= 11 is 0. The third-order valence-electron chi connectivity index (χ3n) is 4.41. The number of carbonyl (C=O) groups is 1. The second-order valence-corrected chi connectivity index (χ2v) is 8.67. The van der Waals surface area contributed by atoms with Gasteiger partial charge in [-0.3, -0.25) is 19.1 Å². The highest BCUT2D eigenvalue weighted by Gasteiger charge is 2.35. The zero-order valence-electron chi connectivity index (χ0n) is 17.3. The maximum Gasteiger partial charge on any atom is 0.309 e. The van der Waals surface area contributed by atoms with E-state index in [0.29, 0.717) is 32.6 Å². The number of rotatable bonds is 10. The van der Waals surface area contributed by atoms with Crippen LogP contribution in [0.15, 0.2) is 12.4 Å². The summed E-state index contributed by atoms with van der Waals surface area (Å²) in [5.41, 5.74) is 0.590. The number of carboxylic acids is 1. The second-order valence-electron chi connectivity index (χ2n) is 8.67. The fourth-order valence-electron chi connectivity index (χ4n) is 3.48. The summed E-state index contributed by atoms with van der Waals surface area (Å²) in [6.45, 7) is 9.72. The van der Waals surface area contributed by atoms with Crippen LogP contribution in [0.5, 0.6) is 0 Å². The average Bonchev–Trinajstić information content (AvgIpc) is 3.15. The molecule has 0 saturated carbocycles. The molecule has 0 atom stereocenters. The van der Waals surface area contributed by atoms with Crippen molar-refractivity contribution in [2.45, 2.75) is 53.8 Å². The number of carboxylic acid groups (broad SMARTS) is 1. The molecule has 0 aromatic carbocycles. The molecular weight excluding hydrogens is 358 g/mol. The Labute approximate surface area is 165 Å². The molecule has 2 heterocycles. The summed E-state index contributed by atoms with van der Waals surface area (Å²) in [7, 11) is 1.82. The molecular formula is C19H29N7O2. The smallest absolute Gasteiger partial charge is 0.309 e. The SMILES string of the molecule is C#CCN(Cc1cn(C)nn1)Cc1cn(CC(C)(C)CC(C)(C)C(=O)O)nn1. The highest BCUT2D eigenvalue weighted by molar-refractivity contribution is 5.73. The second kappa shape index (κ2) is 8.52. The molecule has 0 spiro atoms. The third-order valence-corrected chi connectivity index (χ3v) is 4.41. The zero-order chi connectivity index (χ0) is 20.9. The summed E-state index contributed by atoms with van der Waals surface area (Å²) in [5, 5.41) is 25.9. The highest BCUT2D eigenvalue weighted by Crippen LogP contribution is 2.35. The number of aliphatic carboxylic acids is 1. The molecule has 0 aliphatic heterocycles. The van der Waals surface area contributed by atoms with Gasteiger partial charge in [-0.25, -0.2) is 0 Å². The first-order valence-corrected chi connectivity index (χ1v) is 9.14. The van der Waals surface area contributed by atoms with E-state index in [2.05, 4.69) is 26.5 Å². The molecule has 0 unspecified atom stereocenters. The molecule has 2 aromatic rings. The van der Waals surface area contributed by atoms with Gasteiger partial charge in [0.2, 0.25) is 0 Å². The Kier molecular flexibility index (Phi) is 6.56. The number of aryl methyl sites for hydroxylation is 1. The topological polar surface area (TPSA) is 102 Å². The van der Waals surface area contributed by atoms with E-state index in [-0.39, 0.29) is 5.41 Å². The van der Waals surface area contributed by atoms with Crippen LogP contribution in [0.4, 0.5) is 0 Å². The quantitative estimate of drug-likeness (QED) is 0.617. The van der Waals surface area contributed by atoms with E-state index in [0.717, 1.165) is 11.4 Å². The Bertz CT molecular complexity index is 845. The minimum Gasteiger partial charge on any atom is -0.481 e. The van der Waals surface area contributed by atoms with E-state index in [1.165, 1.54) is 0 Å². The van der Waals surface area contributed by atoms with Gasteiger partial charge in [-0.05, 0) is 25.7 Å². The molecule has 2 rings (SSSR count). The summed E-state index contributed by atoms with van der Waals surface area (Å²) in [5.74, 6) is 1.86. The summed E-state index contributed by atoms with van der Waals surface area (Å²) in [4.78, 5) is 13.5. The average molecular weight is 387 g/mol. The normalized spacial score (nSPS) is 12.3. The summed E-state index contributed by atoms with van der Waals surface area (Å²) < 4.78 is 3.42. The van der Waals surface area contributed by atoms with Crippen LogP contribution < -0.4 is 0 Å². The Morgan fingerprint density at radius 2 is 1.79 bits per heavy atom. The first-order valence-electron chi connectivity index (χ1n) is 9.14. The van der Waals surface area contributed by atoms with Crippen molar-refractivity contribution in [3.05, 3.63) is 23.8 Å². The Hall–Kier alpha value is -2.73. The van der Waals surface area contributed by atoms with Gasteiger partial charge in [0, 0.05) is 39.1 Å². The summed E-state index contributed by atoms with van der Waals surface area (Å²) in [6.07, 6.45) is 9.76. The maximum atomic E-state index is 11.4. The van der Waals surface area contributed by atoms with Crippen molar-refractivity contribution >= 4 is 5.97 Å². The van der Waals surface area contributed by atoms with Crippen LogP contribution in [0.3, 0.4) is 0 Å². The first kappa shape index (κ1) is 21.6. The molecule has 0 aliphatic carbocycles. The predicted molar refractivity (Wildman–Crippen MR) is 104 cm³/mol. The van der Waals surface area contributed by atoms with Crippen molar-refractivity contribution in [2.24, 2.45) is 17.9 Å². The van der Waals surface area contributed by atoms with Gasteiger partial charge in [-0.2, -0.15) is 0 Å². The van der Waals surface area contributed by atoms with Crippen LogP contribution in [0, 0.1) is 23.2 Å². The minimum atomic E-state index is -0.798. The first-order chi connectivity index (χ1) is 13.0. The van der Waals surface area contributed by atoms with Crippen LogP contribution >= 0.6 is 0 Å². The van der Waals surface area contributed by atoms with Crippen molar-refractivity contribution in [3.8, 4) is 12.3 Å². The molecule has 0 amide bonds. The molecule has 1 N–H and O–H groups in total. The Balaban J connectivity index is 2.01. The van der Waals surface area contributed by atoms with E-state index in [4.69, 9.17) is 6.42 Å². The molecule has 0 fully saturated rings. The van der Waals surface area contributed by atoms with E-state index in [1.54, 1.807) is 23.2 Å². The van der Waals surface area contributed by atoms with Crippen molar-refractivity contribution in [2.75, 3.05) is 6.54 Å². The van der Waals surface area contributed by atoms with Gasteiger partial charge in [0.05, 0.1) is 23.3 Å². The zero-order valence-corrected chi connectivity index (χ0v) is 17.3. The molecule has 0 aliphatic rings. The van der Waals surface area contributed by atoms with E-state index < -0.39 is 11.4 Å². The monoisotopic (exact) mass is 387 g/mol. The van der Waals surface area contributed by atoms with Crippen LogP contribution in [-0.4, -0.2) is 52.5 Å². The van der Waals surface area contributed by atoms with E-state index >= 15 is 0 Å². The number of nitrogens with zero attached hydrogens (tertiary/aromatic N) is 7. The predicted octanol–water partition coefficient (Wildman–Crippen LogP) is 1.57. The lowest BCUT2D eigenvalue weighted by Crippen LogP contribution is -2.33. The lowest BCUT2D eigenvalue weighted by atomic mass is 9.75. The minimum absolute atomic E-state index is 0.245. The van der Waals surface area contributed by atoms with Crippen molar-refractivity contribution in [1.29, 1.82) is 0 Å². The standard InChI is InChI=1S/C19H29N7O2/c1-7-8-25(10-15-9-24(6)22-20-15)11-16-12-26(23-21-16)14-18(2,3)13-19(4,5)17(27)28/h1,9,12H,8,10-11,13-14H2,2-6H3,(H,27,28). The highest BCUT2D eigenvalue weighted by atomic mass is 16.4. The van der Waals surface area contributed by atoms with Crippen LogP contribution in [0.2, 0.25) is 0 Å². The van der Waals surface area contributed by atoms with Crippen LogP contribution in [0.1, 0.15) is 45.5 Å². The summed E-state index contributed by atoms with van der Waals surface area (Å²) in [6, 6.07) is 0. The molecule has 28 heavy (non-hydrogen) atoms. The number of hydrogen-bond donors (Lipinski definition) is 1. The fraction of sp³-hybridized carbons (Fsp3) is 0.632. The molecule has 9 nitrogen and oxygen atoms in total. The Morgan fingerprint density at radius 1 is 1.18 bits per heavy atom. The molecule has 0 saturated heterocycles.